The summed E-state index contributed by atoms with van der Waals surface area (Å²) < 4.78 is 10.9. The molecule has 0 atom stereocenters. The molecule has 1 heterocycles. The summed E-state index contributed by atoms with van der Waals surface area (Å²) in [4.78, 5) is 20.8. The number of hydrogen-bond donors (Lipinski definition) is 0. The number of nitrogens with zero attached hydrogens (tertiary/aromatic N) is 2. The van der Waals surface area contributed by atoms with Crippen LogP contribution in [0, 0.1) is 0 Å². The van der Waals surface area contributed by atoms with Crippen LogP contribution in [0.2, 0.25) is 0 Å². The molecule has 0 N–H and O–H groups in total. The van der Waals surface area contributed by atoms with Gasteiger partial charge in [0.1, 0.15) is 0 Å². The Labute approximate surface area is 212 Å². The molecular weight excluding hydrogens is 436 g/mol. The van der Waals surface area contributed by atoms with Crippen molar-refractivity contribution in [1.82, 2.24) is 9.97 Å². The number of hydrogen-bond acceptors (Lipinski definition) is 5. The predicted molar refractivity (Wildman–Crippen MR) is 144 cm³/mol. The number of ether oxygens (including phenoxy) is 2. The van der Waals surface area contributed by atoms with Gasteiger partial charge in [-0.1, -0.05) is 82.4 Å². The smallest absolute Gasteiger partial charge is 0.311 e. The van der Waals surface area contributed by atoms with Gasteiger partial charge in [0.05, 0.1) is 12.4 Å². The minimum absolute atomic E-state index is 0.254. The van der Waals surface area contributed by atoms with Gasteiger partial charge < -0.3 is 9.47 Å². The number of allylic oxidation sites excluding steroid dienone is 2. The number of esters is 1. The van der Waals surface area contributed by atoms with Crippen molar-refractivity contribution in [2.75, 3.05) is 13.2 Å². The largest absolute Gasteiger partial charge is 0.423 e. The highest BCUT2D eigenvalue weighted by Gasteiger charge is 2.07. The molecule has 5 heteroatoms. The molecule has 192 valence electrons. The first-order valence-electron chi connectivity index (χ1n) is 13.6. The van der Waals surface area contributed by atoms with Gasteiger partial charge in [-0.05, 0) is 50.5 Å². The summed E-state index contributed by atoms with van der Waals surface area (Å²) in [7, 11) is 0. The Morgan fingerprint density at radius 2 is 1.51 bits per heavy atom. The van der Waals surface area contributed by atoms with Gasteiger partial charge in [-0.25, -0.2) is 9.97 Å². The van der Waals surface area contributed by atoms with Gasteiger partial charge in [0, 0.05) is 25.2 Å². The summed E-state index contributed by atoms with van der Waals surface area (Å²) in [6, 6.07) is 8.38. The van der Waals surface area contributed by atoms with Crippen LogP contribution in [-0.4, -0.2) is 29.2 Å². The Bertz CT molecular complexity index is 832. The summed E-state index contributed by atoms with van der Waals surface area (Å²) in [5.41, 5.74) is 2.28. The fourth-order valence-corrected chi connectivity index (χ4v) is 3.78. The van der Waals surface area contributed by atoms with Crippen LogP contribution < -0.4 is 4.74 Å². The van der Waals surface area contributed by atoms with E-state index in [1.54, 1.807) is 12.4 Å². The molecule has 0 saturated heterocycles. The standard InChI is InChI=1S/C30H44N2O3/c1-3-5-6-7-8-9-10-11-14-17-29(33)35-28-24-31-30(32-25-28)27-20-18-26(19-21-27)16-13-12-15-23-34-22-4-2/h10-11,18-21,24-25H,3-9,12-17,22-23H2,1-2H3. The number of unbranched alkanes of at least 4 members (excludes halogenated alkanes) is 7. The van der Waals surface area contributed by atoms with Gasteiger partial charge >= 0.3 is 5.97 Å². The zero-order valence-electron chi connectivity index (χ0n) is 21.8. The highest BCUT2D eigenvalue weighted by molar-refractivity contribution is 5.72. The molecule has 1 aromatic heterocycles. The number of benzene rings is 1. The molecule has 2 aromatic rings. The van der Waals surface area contributed by atoms with E-state index in [0.717, 1.165) is 44.5 Å². The first kappa shape index (κ1) is 28.7. The van der Waals surface area contributed by atoms with Crippen LogP contribution in [0.5, 0.6) is 5.75 Å². The monoisotopic (exact) mass is 480 g/mol. The summed E-state index contributed by atoms with van der Waals surface area (Å²) >= 11 is 0. The van der Waals surface area contributed by atoms with E-state index in [9.17, 15) is 4.79 Å². The summed E-state index contributed by atoms with van der Waals surface area (Å²) in [5.74, 6) is 0.764. The lowest BCUT2D eigenvalue weighted by molar-refractivity contribution is -0.134. The minimum Gasteiger partial charge on any atom is -0.423 e. The molecule has 0 amide bonds. The van der Waals surface area contributed by atoms with Crippen molar-refractivity contribution in [3.63, 3.8) is 0 Å². The van der Waals surface area contributed by atoms with Crippen LogP contribution in [0.3, 0.4) is 0 Å². The van der Waals surface area contributed by atoms with Crippen LogP contribution in [0.15, 0.2) is 48.8 Å². The van der Waals surface area contributed by atoms with Crippen molar-refractivity contribution in [2.24, 2.45) is 0 Å². The van der Waals surface area contributed by atoms with Crippen molar-refractivity contribution < 1.29 is 14.3 Å². The molecule has 0 saturated carbocycles. The number of rotatable bonds is 19. The second-order valence-electron chi connectivity index (χ2n) is 9.05. The maximum absolute atomic E-state index is 12.1. The van der Waals surface area contributed by atoms with E-state index in [4.69, 9.17) is 9.47 Å². The van der Waals surface area contributed by atoms with Crippen LogP contribution in [0.1, 0.15) is 96.5 Å². The Morgan fingerprint density at radius 3 is 2.26 bits per heavy atom. The van der Waals surface area contributed by atoms with Gasteiger partial charge in [0.2, 0.25) is 0 Å². The Hall–Kier alpha value is -2.53. The van der Waals surface area contributed by atoms with E-state index >= 15 is 0 Å². The quantitative estimate of drug-likeness (QED) is 0.116. The van der Waals surface area contributed by atoms with E-state index in [-0.39, 0.29) is 5.97 Å². The maximum Gasteiger partial charge on any atom is 0.311 e. The molecule has 0 radical (unpaired) electrons. The van der Waals surface area contributed by atoms with E-state index in [2.05, 4.69) is 60.2 Å². The normalized spacial score (nSPS) is 11.3. The third-order valence-corrected chi connectivity index (χ3v) is 5.83. The third kappa shape index (κ3) is 13.2. The molecule has 0 aliphatic carbocycles. The molecule has 2 rings (SSSR count). The van der Waals surface area contributed by atoms with Crippen molar-refractivity contribution in [1.29, 1.82) is 0 Å². The van der Waals surface area contributed by atoms with Gasteiger partial charge in [0.15, 0.2) is 11.6 Å². The molecule has 0 aliphatic rings. The lowest BCUT2D eigenvalue weighted by Gasteiger charge is -2.06. The van der Waals surface area contributed by atoms with E-state index < -0.39 is 0 Å². The van der Waals surface area contributed by atoms with Gasteiger partial charge in [-0.2, -0.15) is 0 Å². The zero-order valence-corrected chi connectivity index (χ0v) is 21.8. The van der Waals surface area contributed by atoms with Gasteiger partial charge in [0.25, 0.3) is 0 Å². The van der Waals surface area contributed by atoms with Crippen molar-refractivity contribution in [3.8, 4) is 17.1 Å². The maximum atomic E-state index is 12.1. The van der Waals surface area contributed by atoms with Gasteiger partial charge in [-0.15, -0.1) is 0 Å². The summed E-state index contributed by atoms with van der Waals surface area (Å²) in [5, 5.41) is 0. The molecule has 35 heavy (non-hydrogen) atoms. The van der Waals surface area contributed by atoms with Crippen molar-refractivity contribution in [3.05, 3.63) is 54.4 Å². The molecule has 0 fully saturated rings. The second kappa shape index (κ2) is 18.8. The molecule has 5 nitrogen and oxygen atoms in total. The second-order valence-corrected chi connectivity index (χ2v) is 9.05. The zero-order chi connectivity index (χ0) is 25.0. The molecular formula is C30H44N2O3. The molecule has 0 aliphatic heterocycles. The average Bonchev–Trinajstić information content (AvgIpc) is 2.88. The predicted octanol–water partition coefficient (Wildman–Crippen LogP) is 7.89. The molecule has 0 spiro atoms. The van der Waals surface area contributed by atoms with Crippen molar-refractivity contribution in [2.45, 2.75) is 97.3 Å². The number of carbonyl (C=O) groups excluding carboxylic acids is 1. The fraction of sp³-hybridized carbons (Fsp3) is 0.567. The van der Waals surface area contributed by atoms with E-state index in [1.807, 2.05) is 0 Å². The highest BCUT2D eigenvalue weighted by Crippen LogP contribution is 2.19. The number of carbonyl (C=O) groups is 1. The molecule has 0 unspecified atom stereocenters. The third-order valence-electron chi connectivity index (χ3n) is 5.83. The average molecular weight is 481 g/mol. The summed E-state index contributed by atoms with van der Waals surface area (Å²) in [6.07, 6.45) is 21.6. The molecule has 1 aromatic carbocycles. The Morgan fingerprint density at radius 1 is 0.800 bits per heavy atom. The highest BCUT2D eigenvalue weighted by atomic mass is 16.5. The Balaban J connectivity index is 1.65. The lowest BCUT2D eigenvalue weighted by atomic mass is 10.0. The first-order chi connectivity index (χ1) is 17.2. The topological polar surface area (TPSA) is 61.3 Å². The van der Waals surface area contributed by atoms with Gasteiger partial charge in [-0.3, -0.25) is 4.79 Å². The minimum atomic E-state index is -0.254. The van der Waals surface area contributed by atoms with E-state index in [1.165, 1.54) is 50.5 Å². The first-order valence-corrected chi connectivity index (χ1v) is 13.6. The van der Waals surface area contributed by atoms with Crippen LogP contribution in [-0.2, 0) is 16.0 Å². The summed E-state index contributed by atoms with van der Waals surface area (Å²) in [6.45, 7) is 6.10. The fourth-order valence-electron chi connectivity index (χ4n) is 3.78. The Kier molecular flexibility index (Phi) is 15.4. The van der Waals surface area contributed by atoms with E-state index in [0.29, 0.717) is 24.4 Å². The van der Waals surface area contributed by atoms with Crippen LogP contribution in [0.4, 0.5) is 0 Å². The SMILES string of the molecule is CCCCCCCC=CCCC(=O)Oc1cnc(-c2ccc(CCCCCOCCC)cc2)nc1. The van der Waals surface area contributed by atoms with Crippen LogP contribution >= 0.6 is 0 Å². The number of aromatic nitrogens is 2. The van der Waals surface area contributed by atoms with Crippen molar-refractivity contribution >= 4 is 5.97 Å². The number of aryl methyl sites for hydroxylation is 1. The van der Waals surface area contributed by atoms with Crippen LogP contribution in [0.25, 0.3) is 11.4 Å². The lowest BCUT2D eigenvalue weighted by Crippen LogP contribution is -2.07. The molecule has 0 bridgehead atoms.